The van der Waals surface area contributed by atoms with Gasteiger partial charge in [-0.2, -0.15) is 0 Å². The predicted octanol–water partition coefficient (Wildman–Crippen LogP) is -0.510. The maximum atomic E-state index is 11.9. The second-order valence-electron chi connectivity index (χ2n) is 3.43. The van der Waals surface area contributed by atoms with Crippen LogP contribution in [-0.4, -0.2) is 5.60 Å². The summed E-state index contributed by atoms with van der Waals surface area (Å²) in [5.41, 5.74) is -0.599. The minimum absolute atomic E-state index is 0. The van der Waals surface area contributed by atoms with E-state index in [0.717, 1.165) is 38.5 Å². The summed E-state index contributed by atoms with van der Waals surface area (Å²) < 4.78 is 0. The summed E-state index contributed by atoms with van der Waals surface area (Å²) in [6.07, 6.45) is 5.66. The van der Waals surface area contributed by atoms with Crippen LogP contribution in [0, 0.1) is 0 Å². The summed E-state index contributed by atoms with van der Waals surface area (Å²) >= 11 is 0. The van der Waals surface area contributed by atoms with Crippen LogP contribution in [-0.2, 0) is 0 Å². The van der Waals surface area contributed by atoms with E-state index >= 15 is 0 Å². The monoisotopic (exact) mass is 180 g/mol. The standard InChI is InChI=1S/C10H21O.Na/c1-4-7-10(11,8-5-2)9-6-3;/h4-9H2,1-3H3;/q-1;+1. The Balaban J connectivity index is 0. The molecule has 0 saturated carbocycles. The first kappa shape index (κ1) is 15.4. The van der Waals surface area contributed by atoms with Gasteiger partial charge in [-0.25, -0.2) is 0 Å². The van der Waals surface area contributed by atoms with Crippen LogP contribution in [0.1, 0.15) is 59.3 Å². The molecule has 12 heavy (non-hydrogen) atoms. The zero-order valence-corrected chi connectivity index (χ0v) is 11.2. The molecule has 1 nitrogen and oxygen atoms in total. The molecule has 0 fully saturated rings. The van der Waals surface area contributed by atoms with Gasteiger partial charge < -0.3 is 5.11 Å². The van der Waals surface area contributed by atoms with E-state index in [0.29, 0.717) is 0 Å². The topological polar surface area (TPSA) is 23.1 Å². The molecule has 0 aromatic heterocycles. The normalized spacial score (nSPS) is 11.0. The Morgan fingerprint density at radius 2 is 1.08 bits per heavy atom. The Bertz CT molecular complexity index is 76.8. The van der Waals surface area contributed by atoms with E-state index in [4.69, 9.17) is 0 Å². The van der Waals surface area contributed by atoms with Gasteiger partial charge in [-0.1, -0.05) is 59.3 Å². The minimum Gasteiger partial charge on any atom is -0.849 e. The van der Waals surface area contributed by atoms with Crippen molar-refractivity contribution < 1.29 is 34.7 Å². The summed E-state index contributed by atoms with van der Waals surface area (Å²) in [6.45, 7) is 6.29. The van der Waals surface area contributed by atoms with Crippen molar-refractivity contribution in [1.29, 1.82) is 0 Å². The molecule has 0 amide bonds. The van der Waals surface area contributed by atoms with Crippen LogP contribution in [0.2, 0.25) is 0 Å². The summed E-state index contributed by atoms with van der Waals surface area (Å²) in [7, 11) is 0. The maximum Gasteiger partial charge on any atom is 1.00 e. The average Bonchev–Trinajstić information content (AvgIpc) is 1.88. The van der Waals surface area contributed by atoms with Crippen LogP contribution in [0.5, 0.6) is 0 Å². The van der Waals surface area contributed by atoms with Gasteiger partial charge in [-0.15, -0.1) is 5.60 Å². The second-order valence-corrected chi connectivity index (χ2v) is 3.43. The van der Waals surface area contributed by atoms with E-state index in [9.17, 15) is 5.11 Å². The third-order valence-corrected chi connectivity index (χ3v) is 2.12. The molecule has 68 valence electrons. The van der Waals surface area contributed by atoms with Crippen molar-refractivity contribution >= 4 is 0 Å². The van der Waals surface area contributed by atoms with E-state index in [1.807, 2.05) is 0 Å². The fourth-order valence-corrected chi connectivity index (χ4v) is 1.74. The van der Waals surface area contributed by atoms with E-state index < -0.39 is 5.60 Å². The molecule has 0 saturated heterocycles. The molecule has 0 N–H and O–H groups in total. The molecule has 0 atom stereocenters. The summed E-state index contributed by atoms with van der Waals surface area (Å²) in [5, 5.41) is 11.9. The molecule has 0 heterocycles. The van der Waals surface area contributed by atoms with Crippen molar-refractivity contribution in [2.45, 2.75) is 64.9 Å². The van der Waals surface area contributed by atoms with Gasteiger partial charge in [-0.3, -0.25) is 0 Å². The number of hydrogen-bond acceptors (Lipinski definition) is 1. The van der Waals surface area contributed by atoms with Gasteiger partial charge in [0, 0.05) is 0 Å². The van der Waals surface area contributed by atoms with Crippen molar-refractivity contribution in [3.05, 3.63) is 0 Å². The van der Waals surface area contributed by atoms with Crippen LogP contribution < -0.4 is 34.7 Å². The molecule has 2 heteroatoms. The molecular formula is C10H21NaO. The van der Waals surface area contributed by atoms with Crippen molar-refractivity contribution in [1.82, 2.24) is 0 Å². The fraction of sp³-hybridized carbons (Fsp3) is 1.00. The first-order chi connectivity index (χ1) is 5.18. The number of rotatable bonds is 6. The van der Waals surface area contributed by atoms with Crippen molar-refractivity contribution in [3.8, 4) is 0 Å². The quantitative estimate of drug-likeness (QED) is 0.505. The SMILES string of the molecule is CCCC([O-])(CCC)CCC.[Na+]. The van der Waals surface area contributed by atoms with Crippen LogP contribution in [0.15, 0.2) is 0 Å². The third kappa shape index (κ3) is 6.47. The zero-order valence-electron chi connectivity index (χ0n) is 9.15. The summed E-state index contributed by atoms with van der Waals surface area (Å²) in [6, 6.07) is 0. The molecule has 0 aromatic carbocycles. The van der Waals surface area contributed by atoms with Crippen LogP contribution in [0.3, 0.4) is 0 Å². The fourth-order valence-electron chi connectivity index (χ4n) is 1.74. The van der Waals surface area contributed by atoms with E-state index in [-0.39, 0.29) is 29.6 Å². The van der Waals surface area contributed by atoms with E-state index in [1.165, 1.54) is 0 Å². The van der Waals surface area contributed by atoms with Crippen molar-refractivity contribution in [2.75, 3.05) is 0 Å². The van der Waals surface area contributed by atoms with E-state index in [1.54, 1.807) is 0 Å². The largest absolute Gasteiger partial charge is 1.00 e. The Hall–Kier alpha value is 0.960. The van der Waals surface area contributed by atoms with Gasteiger partial charge in [-0.05, 0) is 0 Å². The summed E-state index contributed by atoms with van der Waals surface area (Å²) in [4.78, 5) is 0. The van der Waals surface area contributed by atoms with Crippen LogP contribution >= 0.6 is 0 Å². The molecule has 0 bridgehead atoms. The third-order valence-electron chi connectivity index (χ3n) is 2.12. The molecule has 0 radical (unpaired) electrons. The first-order valence-electron chi connectivity index (χ1n) is 4.89. The number of hydrogen-bond donors (Lipinski definition) is 0. The van der Waals surface area contributed by atoms with Gasteiger partial charge in [0.1, 0.15) is 0 Å². The van der Waals surface area contributed by atoms with Gasteiger partial charge in [0.15, 0.2) is 0 Å². The molecule has 0 unspecified atom stereocenters. The Kier molecular flexibility index (Phi) is 11.0. The van der Waals surface area contributed by atoms with Gasteiger partial charge >= 0.3 is 29.6 Å². The molecule has 0 aliphatic carbocycles. The van der Waals surface area contributed by atoms with Crippen LogP contribution in [0.4, 0.5) is 0 Å². The van der Waals surface area contributed by atoms with Crippen molar-refractivity contribution in [2.24, 2.45) is 0 Å². The Labute approximate surface area is 99.2 Å². The molecule has 0 spiro atoms. The zero-order chi connectivity index (χ0) is 8.74. The van der Waals surface area contributed by atoms with Gasteiger partial charge in [0.25, 0.3) is 0 Å². The smallest absolute Gasteiger partial charge is 0.849 e. The average molecular weight is 180 g/mol. The Morgan fingerprint density at radius 3 is 1.25 bits per heavy atom. The first-order valence-corrected chi connectivity index (χ1v) is 4.89. The predicted molar refractivity (Wildman–Crippen MR) is 47.5 cm³/mol. The Morgan fingerprint density at radius 1 is 0.833 bits per heavy atom. The van der Waals surface area contributed by atoms with Crippen molar-refractivity contribution in [3.63, 3.8) is 0 Å². The van der Waals surface area contributed by atoms with Gasteiger partial charge in [0.2, 0.25) is 0 Å². The molecule has 0 aliphatic heterocycles. The molecule has 0 aliphatic rings. The minimum atomic E-state index is -0.599. The molecule has 0 rings (SSSR count). The maximum absolute atomic E-state index is 11.9. The summed E-state index contributed by atoms with van der Waals surface area (Å²) in [5.74, 6) is 0. The van der Waals surface area contributed by atoms with Gasteiger partial charge in [0.05, 0.1) is 0 Å². The van der Waals surface area contributed by atoms with Crippen LogP contribution in [0.25, 0.3) is 0 Å². The second kappa shape index (κ2) is 8.55. The molecular weight excluding hydrogens is 159 g/mol. The van der Waals surface area contributed by atoms with E-state index in [2.05, 4.69) is 20.8 Å². The molecule has 0 aromatic rings.